The second-order valence-electron chi connectivity index (χ2n) is 4.50. The molecule has 2 N–H and O–H groups in total. The molecule has 2 heterocycles. The number of hydrogen-bond donors (Lipinski definition) is 2. The Balaban J connectivity index is 1.75. The van der Waals surface area contributed by atoms with Crippen LogP contribution in [-0.2, 0) is 12.8 Å². The van der Waals surface area contributed by atoms with Crippen LogP contribution in [0.5, 0.6) is 0 Å². The summed E-state index contributed by atoms with van der Waals surface area (Å²) in [5.74, 6) is 3.00. The van der Waals surface area contributed by atoms with Gasteiger partial charge in [-0.25, -0.2) is 0 Å². The minimum Gasteiger partial charge on any atom is -0.469 e. The van der Waals surface area contributed by atoms with E-state index in [9.17, 15) is 0 Å². The molecule has 0 spiro atoms. The number of guanidine groups is 1. The van der Waals surface area contributed by atoms with Crippen LogP contribution in [0.1, 0.15) is 24.4 Å². The molecular weight excluding hydrogens is 270 g/mol. The average molecular weight is 291 g/mol. The number of aryl methyl sites for hydroxylation is 1. The Morgan fingerprint density at radius 1 is 1.33 bits per heavy atom. The van der Waals surface area contributed by atoms with Crippen molar-refractivity contribution < 1.29 is 8.94 Å². The van der Waals surface area contributed by atoms with Gasteiger partial charge in [-0.15, -0.1) is 0 Å². The number of aromatic nitrogens is 2. The molecule has 0 bridgehead atoms. The van der Waals surface area contributed by atoms with Gasteiger partial charge < -0.3 is 19.6 Å². The molecular formula is C14H21N5O2. The van der Waals surface area contributed by atoms with Gasteiger partial charge in [-0.1, -0.05) is 5.16 Å². The number of nitrogens with one attached hydrogen (secondary N) is 2. The van der Waals surface area contributed by atoms with Crippen LogP contribution in [0.25, 0.3) is 0 Å². The second-order valence-corrected chi connectivity index (χ2v) is 4.50. The smallest absolute Gasteiger partial charge is 0.228 e. The summed E-state index contributed by atoms with van der Waals surface area (Å²) in [7, 11) is 0. The summed E-state index contributed by atoms with van der Waals surface area (Å²) in [5, 5.41) is 10.2. The van der Waals surface area contributed by atoms with Crippen LogP contribution in [0, 0.1) is 6.92 Å². The van der Waals surface area contributed by atoms with E-state index in [4.69, 9.17) is 8.94 Å². The SMILES string of the molecule is CCNC(=NCCc1nc(C)no1)NCCc1ccco1. The average Bonchev–Trinajstić information content (AvgIpc) is 3.11. The van der Waals surface area contributed by atoms with Crippen molar-refractivity contribution in [2.75, 3.05) is 19.6 Å². The van der Waals surface area contributed by atoms with Crippen molar-refractivity contribution in [3.8, 4) is 0 Å². The molecule has 2 aromatic rings. The van der Waals surface area contributed by atoms with E-state index in [0.717, 1.165) is 31.2 Å². The van der Waals surface area contributed by atoms with E-state index < -0.39 is 0 Å². The maximum absolute atomic E-state index is 5.29. The predicted molar refractivity (Wildman–Crippen MR) is 79.1 cm³/mol. The van der Waals surface area contributed by atoms with Crippen LogP contribution in [0.15, 0.2) is 32.3 Å². The maximum atomic E-state index is 5.29. The molecule has 0 atom stereocenters. The van der Waals surface area contributed by atoms with Crippen molar-refractivity contribution in [1.29, 1.82) is 0 Å². The lowest BCUT2D eigenvalue weighted by molar-refractivity contribution is 0.376. The summed E-state index contributed by atoms with van der Waals surface area (Å²) in [6.45, 7) is 6.00. The highest BCUT2D eigenvalue weighted by Crippen LogP contribution is 1.99. The van der Waals surface area contributed by atoms with Crippen LogP contribution in [0.4, 0.5) is 0 Å². The van der Waals surface area contributed by atoms with Gasteiger partial charge in [0.25, 0.3) is 0 Å². The number of rotatable bonds is 7. The van der Waals surface area contributed by atoms with E-state index in [0.29, 0.717) is 24.7 Å². The van der Waals surface area contributed by atoms with Gasteiger partial charge >= 0.3 is 0 Å². The van der Waals surface area contributed by atoms with Crippen LogP contribution in [-0.4, -0.2) is 35.7 Å². The molecule has 0 fully saturated rings. The molecule has 0 aliphatic carbocycles. The monoisotopic (exact) mass is 291 g/mol. The summed E-state index contributed by atoms with van der Waals surface area (Å²) in [5.41, 5.74) is 0. The molecule has 0 saturated carbocycles. The van der Waals surface area contributed by atoms with Crippen molar-refractivity contribution in [2.45, 2.75) is 26.7 Å². The lowest BCUT2D eigenvalue weighted by Gasteiger charge is -2.10. The fourth-order valence-electron chi connectivity index (χ4n) is 1.81. The molecule has 0 radical (unpaired) electrons. The molecule has 0 unspecified atom stereocenters. The third kappa shape index (κ3) is 5.29. The first-order chi connectivity index (χ1) is 10.3. The Kier molecular flexibility index (Phi) is 5.81. The van der Waals surface area contributed by atoms with Gasteiger partial charge in [0.1, 0.15) is 5.76 Å². The lowest BCUT2D eigenvalue weighted by Crippen LogP contribution is -2.38. The van der Waals surface area contributed by atoms with Gasteiger partial charge in [0.2, 0.25) is 5.89 Å². The first-order valence-corrected chi connectivity index (χ1v) is 7.11. The predicted octanol–water partition coefficient (Wildman–Crippen LogP) is 1.31. The Hall–Kier alpha value is -2.31. The van der Waals surface area contributed by atoms with E-state index in [1.54, 1.807) is 13.2 Å². The van der Waals surface area contributed by atoms with Crippen molar-refractivity contribution >= 4 is 5.96 Å². The summed E-state index contributed by atoms with van der Waals surface area (Å²) in [4.78, 5) is 8.62. The summed E-state index contributed by atoms with van der Waals surface area (Å²) < 4.78 is 10.3. The number of aliphatic imine (C=N–C) groups is 1. The Bertz CT molecular complexity index is 547. The number of furan rings is 1. The van der Waals surface area contributed by atoms with Gasteiger partial charge in [-0.05, 0) is 26.0 Å². The van der Waals surface area contributed by atoms with E-state index >= 15 is 0 Å². The standard InChI is InChI=1S/C14H21N5O2/c1-3-15-14(16-8-6-12-5-4-10-20-12)17-9-7-13-18-11(2)19-21-13/h4-5,10H,3,6-9H2,1-2H3,(H2,15,16,17). The van der Waals surface area contributed by atoms with Crippen molar-refractivity contribution in [3.63, 3.8) is 0 Å². The minimum absolute atomic E-state index is 0.595. The highest BCUT2D eigenvalue weighted by molar-refractivity contribution is 5.79. The van der Waals surface area contributed by atoms with Crippen LogP contribution < -0.4 is 10.6 Å². The molecule has 2 rings (SSSR count). The molecule has 7 nitrogen and oxygen atoms in total. The first kappa shape index (κ1) is 15.1. The van der Waals surface area contributed by atoms with E-state index in [-0.39, 0.29) is 0 Å². The first-order valence-electron chi connectivity index (χ1n) is 7.11. The highest BCUT2D eigenvalue weighted by Gasteiger charge is 2.03. The molecule has 0 aliphatic rings. The zero-order valence-electron chi connectivity index (χ0n) is 12.4. The van der Waals surface area contributed by atoms with E-state index in [1.807, 2.05) is 19.1 Å². The molecule has 21 heavy (non-hydrogen) atoms. The highest BCUT2D eigenvalue weighted by atomic mass is 16.5. The molecule has 7 heteroatoms. The zero-order chi connectivity index (χ0) is 14.9. The molecule has 0 saturated heterocycles. The van der Waals surface area contributed by atoms with E-state index in [1.165, 1.54) is 0 Å². The molecule has 2 aromatic heterocycles. The number of nitrogens with zero attached hydrogens (tertiary/aromatic N) is 3. The van der Waals surface area contributed by atoms with Crippen molar-refractivity contribution in [2.24, 2.45) is 4.99 Å². The van der Waals surface area contributed by atoms with Crippen LogP contribution in [0.2, 0.25) is 0 Å². The molecule has 0 aromatic carbocycles. The third-order valence-corrected chi connectivity index (χ3v) is 2.75. The van der Waals surface area contributed by atoms with Gasteiger partial charge in [0.05, 0.1) is 12.8 Å². The summed E-state index contributed by atoms with van der Waals surface area (Å²) >= 11 is 0. The van der Waals surface area contributed by atoms with Crippen LogP contribution >= 0.6 is 0 Å². The largest absolute Gasteiger partial charge is 0.469 e. The van der Waals surface area contributed by atoms with Gasteiger partial charge in [-0.2, -0.15) is 4.98 Å². The van der Waals surface area contributed by atoms with Gasteiger partial charge in [0, 0.05) is 25.9 Å². The zero-order valence-corrected chi connectivity index (χ0v) is 12.4. The Morgan fingerprint density at radius 3 is 2.90 bits per heavy atom. The lowest BCUT2D eigenvalue weighted by atomic mass is 10.3. The van der Waals surface area contributed by atoms with Crippen LogP contribution in [0.3, 0.4) is 0 Å². The summed E-state index contributed by atoms with van der Waals surface area (Å²) in [6.07, 6.45) is 3.14. The fraction of sp³-hybridized carbons (Fsp3) is 0.500. The van der Waals surface area contributed by atoms with Crippen molar-refractivity contribution in [3.05, 3.63) is 35.9 Å². The topological polar surface area (TPSA) is 88.5 Å². The minimum atomic E-state index is 0.595. The maximum Gasteiger partial charge on any atom is 0.228 e. The van der Waals surface area contributed by atoms with Gasteiger partial charge in [0.15, 0.2) is 11.8 Å². The van der Waals surface area contributed by atoms with Crippen molar-refractivity contribution in [1.82, 2.24) is 20.8 Å². The second kappa shape index (κ2) is 8.08. The third-order valence-electron chi connectivity index (χ3n) is 2.75. The quantitative estimate of drug-likeness (QED) is 0.590. The van der Waals surface area contributed by atoms with E-state index in [2.05, 4.69) is 25.8 Å². The molecule has 0 aliphatic heterocycles. The fourth-order valence-corrected chi connectivity index (χ4v) is 1.81. The molecule has 0 amide bonds. The normalized spacial score (nSPS) is 11.6. The number of hydrogen-bond acceptors (Lipinski definition) is 5. The van der Waals surface area contributed by atoms with Gasteiger partial charge in [-0.3, -0.25) is 4.99 Å². The Labute approximate surface area is 123 Å². The molecule has 114 valence electrons. The summed E-state index contributed by atoms with van der Waals surface area (Å²) in [6, 6.07) is 3.85. The Morgan fingerprint density at radius 2 is 2.24 bits per heavy atom.